The van der Waals surface area contributed by atoms with Crippen LogP contribution in [0, 0.1) is 5.41 Å². The molecule has 1 aromatic rings. The summed E-state index contributed by atoms with van der Waals surface area (Å²) >= 11 is 5.94. The molecular formula is C14H21ClN2. The number of rotatable bonds is 1. The van der Waals surface area contributed by atoms with E-state index in [0.717, 1.165) is 31.2 Å². The minimum absolute atomic E-state index is 0.306. The molecule has 0 radical (unpaired) electrons. The highest BCUT2D eigenvalue weighted by molar-refractivity contribution is 6.30. The Morgan fingerprint density at radius 3 is 2.65 bits per heavy atom. The first-order valence-corrected chi connectivity index (χ1v) is 6.66. The van der Waals surface area contributed by atoms with Crippen LogP contribution >= 0.6 is 11.6 Å². The van der Waals surface area contributed by atoms with E-state index in [1.807, 2.05) is 12.1 Å². The number of halogens is 1. The van der Waals surface area contributed by atoms with Gasteiger partial charge in [-0.2, -0.15) is 0 Å². The highest BCUT2D eigenvalue weighted by atomic mass is 35.5. The van der Waals surface area contributed by atoms with Crippen molar-refractivity contribution in [1.82, 2.24) is 5.32 Å². The lowest BCUT2D eigenvalue weighted by Gasteiger charge is -2.36. The predicted octanol–water partition coefficient (Wildman–Crippen LogP) is 3.17. The Balaban J connectivity index is 2.14. The van der Waals surface area contributed by atoms with Crippen molar-refractivity contribution in [3.8, 4) is 0 Å². The van der Waals surface area contributed by atoms with E-state index in [1.54, 1.807) is 0 Å². The Hall–Kier alpha value is -0.730. The van der Waals surface area contributed by atoms with Gasteiger partial charge < -0.3 is 10.2 Å². The van der Waals surface area contributed by atoms with E-state index >= 15 is 0 Å². The third-order valence-corrected chi connectivity index (χ3v) is 3.45. The van der Waals surface area contributed by atoms with Gasteiger partial charge >= 0.3 is 0 Å². The zero-order valence-electron chi connectivity index (χ0n) is 10.7. The van der Waals surface area contributed by atoms with E-state index in [0.29, 0.717) is 5.41 Å². The molecule has 0 saturated carbocycles. The summed E-state index contributed by atoms with van der Waals surface area (Å²) in [6, 6.07) is 8.18. The molecule has 0 amide bonds. The van der Waals surface area contributed by atoms with Gasteiger partial charge in [0.05, 0.1) is 0 Å². The van der Waals surface area contributed by atoms with Crippen molar-refractivity contribution >= 4 is 17.3 Å². The highest BCUT2D eigenvalue weighted by Crippen LogP contribution is 2.24. The predicted molar refractivity (Wildman–Crippen MR) is 74.9 cm³/mol. The molecule has 1 aliphatic heterocycles. The second-order valence-electron chi connectivity index (χ2n) is 5.59. The molecule has 17 heavy (non-hydrogen) atoms. The van der Waals surface area contributed by atoms with Gasteiger partial charge in [-0.25, -0.2) is 0 Å². The van der Waals surface area contributed by atoms with Crippen LogP contribution in [-0.4, -0.2) is 26.2 Å². The molecule has 0 unspecified atom stereocenters. The Kier molecular flexibility index (Phi) is 3.95. The standard InChI is InChI=1S/C14H21ClN2/c1-14(2)10-16-8-3-9-17(11-14)13-6-4-12(15)5-7-13/h4-7,16H,3,8-11H2,1-2H3. The molecule has 1 fully saturated rings. The molecule has 2 nitrogen and oxygen atoms in total. The zero-order chi connectivity index (χ0) is 12.3. The second-order valence-corrected chi connectivity index (χ2v) is 6.03. The maximum Gasteiger partial charge on any atom is 0.0407 e. The average molecular weight is 253 g/mol. The van der Waals surface area contributed by atoms with Crippen molar-refractivity contribution in [1.29, 1.82) is 0 Å². The summed E-state index contributed by atoms with van der Waals surface area (Å²) in [5.41, 5.74) is 1.59. The first-order valence-electron chi connectivity index (χ1n) is 6.28. The highest BCUT2D eigenvalue weighted by Gasteiger charge is 2.23. The molecule has 0 atom stereocenters. The summed E-state index contributed by atoms with van der Waals surface area (Å²) in [5.74, 6) is 0. The van der Waals surface area contributed by atoms with Crippen LogP contribution in [0.25, 0.3) is 0 Å². The molecule has 3 heteroatoms. The number of hydrogen-bond donors (Lipinski definition) is 1. The number of nitrogens with zero attached hydrogens (tertiary/aromatic N) is 1. The van der Waals surface area contributed by atoms with Crippen molar-refractivity contribution in [2.24, 2.45) is 5.41 Å². The largest absolute Gasteiger partial charge is 0.371 e. The van der Waals surface area contributed by atoms with Gasteiger partial charge in [0.2, 0.25) is 0 Å². The summed E-state index contributed by atoms with van der Waals surface area (Å²) in [5, 5.41) is 4.32. The van der Waals surface area contributed by atoms with Crippen LogP contribution in [0.5, 0.6) is 0 Å². The Morgan fingerprint density at radius 1 is 1.24 bits per heavy atom. The normalized spacial score (nSPS) is 20.8. The fourth-order valence-electron chi connectivity index (χ4n) is 2.35. The van der Waals surface area contributed by atoms with Crippen LogP contribution in [0.2, 0.25) is 5.02 Å². The molecule has 0 bridgehead atoms. The van der Waals surface area contributed by atoms with E-state index in [2.05, 4.69) is 36.2 Å². The molecule has 0 aromatic heterocycles. The van der Waals surface area contributed by atoms with Gasteiger partial charge in [0, 0.05) is 30.3 Å². The summed E-state index contributed by atoms with van der Waals surface area (Å²) in [6.45, 7) is 9.01. The summed E-state index contributed by atoms with van der Waals surface area (Å²) in [4.78, 5) is 2.47. The van der Waals surface area contributed by atoms with E-state index in [-0.39, 0.29) is 0 Å². The van der Waals surface area contributed by atoms with Gasteiger partial charge in [-0.05, 0) is 42.6 Å². The number of hydrogen-bond acceptors (Lipinski definition) is 2. The SMILES string of the molecule is CC1(C)CNCCCN(c2ccc(Cl)cc2)C1. The maximum absolute atomic E-state index is 5.94. The molecule has 0 spiro atoms. The van der Waals surface area contributed by atoms with Gasteiger partial charge in [-0.3, -0.25) is 0 Å². The van der Waals surface area contributed by atoms with Gasteiger partial charge in [0.1, 0.15) is 0 Å². The Morgan fingerprint density at radius 2 is 1.94 bits per heavy atom. The number of benzene rings is 1. The van der Waals surface area contributed by atoms with Gasteiger partial charge in [-0.15, -0.1) is 0 Å². The van der Waals surface area contributed by atoms with Crippen LogP contribution in [0.15, 0.2) is 24.3 Å². The van der Waals surface area contributed by atoms with Crippen LogP contribution < -0.4 is 10.2 Å². The smallest absolute Gasteiger partial charge is 0.0407 e. The minimum atomic E-state index is 0.306. The van der Waals surface area contributed by atoms with E-state index in [9.17, 15) is 0 Å². The van der Waals surface area contributed by atoms with Crippen LogP contribution in [0.3, 0.4) is 0 Å². The molecule has 1 N–H and O–H groups in total. The molecule has 1 saturated heterocycles. The Bertz CT molecular complexity index is 359. The van der Waals surface area contributed by atoms with Crippen LogP contribution in [0.4, 0.5) is 5.69 Å². The van der Waals surface area contributed by atoms with Crippen LogP contribution in [0.1, 0.15) is 20.3 Å². The second kappa shape index (κ2) is 5.28. The van der Waals surface area contributed by atoms with Gasteiger partial charge in [-0.1, -0.05) is 25.4 Å². The summed E-state index contributed by atoms with van der Waals surface area (Å²) in [6.07, 6.45) is 1.19. The van der Waals surface area contributed by atoms with Crippen molar-refractivity contribution in [3.05, 3.63) is 29.3 Å². The number of nitrogens with one attached hydrogen (secondary N) is 1. The molecule has 94 valence electrons. The maximum atomic E-state index is 5.94. The van der Waals surface area contributed by atoms with Crippen molar-refractivity contribution in [3.63, 3.8) is 0 Å². The van der Waals surface area contributed by atoms with E-state index in [1.165, 1.54) is 12.1 Å². The van der Waals surface area contributed by atoms with Gasteiger partial charge in [0.15, 0.2) is 0 Å². The van der Waals surface area contributed by atoms with Crippen molar-refractivity contribution in [2.75, 3.05) is 31.1 Å². The molecule has 0 aliphatic carbocycles. The van der Waals surface area contributed by atoms with Crippen molar-refractivity contribution < 1.29 is 0 Å². The first-order chi connectivity index (χ1) is 8.07. The zero-order valence-corrected chi connectivity index (χ0v) is 11.4. The molecular weight excluding hydrogens is 232 g/mol. The average Bonchev–Trinajstić information content (AvgIpc) is 2.25. The third-order valence-electron chi connectivity index (χ3n) is 3.20. The fraction of sp³-hybridized carbons (Fsp3) is 0.571. The Labute approximate surface area is 109 Å². The first kappa shape index (κ1) is 12.7. The molecule has 2 rings (SSSR count). The van der Waals surface area contributed by atoms with E-state index < -0.39 is 0 Å². The lowest BCUT2D eigenvalue weighted by atomic mass is 9.91. The van der Waals surface area contributed by atoms with Gasteiger partial charge in [0.25, 0.3) is 0 Å². The lowest BCUT2D eigenvalue weighted by Crippen LogP contribution is -2.44. The minimum Gasteiger partial charge on any atom is -0.371 e. The van der Waals surface area contributed by atoms with Crippen LogP contribution in [-0.2, 0) is 0 Å². The third kappa shape index (κ3) is 3.62. The molecule has 1 aromatic carbocycles. The quantitative estimate of drug-likeness (QED) is 0.826. The monoisotopic (exact) mass is 252 g/mol. The summed E-state index contributed by atoms with van der Waals surface area (Å²) in [7, 11) is 0. The summed E-state index contributed by atoms with van der Waals surface area (Å²) < 4.78 is 0. The van der Waals surface area contributed by atoms with Crippen molar-refractivity contribution in [2.45, 2.75) is 20.3 Å². The molecule has 1 heterocycles. The lowest BCUT2D eigenvalue weighted by molar-refractivity contribution is 0.325. The molecule has 1 aliphatic rings. The topological polar surface area (TPSA) is 15.3 Å². The number of anilines is 1. The van der Waals surface area contributed by atoms with E-state index in [4.69, 9.17) is 11.6 Å². The fourth-order valence-corrected chi connectivity index (χ4v) is 2.47.